The topological polar surface area (TPSA) is 72.9 Å². The van der Waals surface area contributed by atoms with E-state index in [1.54, 1.807) is 13.8 Å². The number of likely N-dealkylation sites (N-methyl/N-ethyl adjacent to an activating group) is 1. The smallest absolute Gasteiger partial charge is 0.321 e. The van der Waals surface area contributed by atoms with E-state index < -0.39 is 16.0 Å². The molecular formula is C9H19NO5S. The number of nitrogens with zero attached hydrogens (tertiary/aromatic N) is 1. The molecule has 0 radical (unpaired) electrons. The molecule has 0 rings (SSSR count). The molecule has 0 saturated heterocycles. The zero-order valence-electron chi connectivity index (χ0n) is 9.93. The van der Waals surface area contributed by atoms with Crippen molar-refractivity contribution in [1.82, 2.24) is 4.31 Å². The second-order valence-electron chi connectivity index (χ2n) is 3.07. The largest absolute Gasteiger partial charge is 0.465 e. The molecule has 0 bridgehead atoms. The van der Waals surface area contributed by atoms with E-state index in [9.17, 15) is 13.2 Å². The SMILES string of the molecule is CCOCCS(=O)(=O)N(C)CC(=O)OCC. The number of carbonyl (C=O) groups excluding carboxylic acids is 1. The van der Waals surface area contributed by atoms with E-state index >= 15 is 0 Å². The fraction of sp³-hybridized carbons (Fsp3) is 0.889. The molecule has 0 unspecified atom stereocenters. The zero-order chi connectivity index (χ0) is 12.6. The number of esters is 1. The molecule has 96 valence electrons. The minimum absolute atomic E-state index is 0.128. The average Bonchev–Trinajstić information content (AvgIpc) is 2.18. The van der Waals surface area contributed by atoms with E-state index in [-0.39, 0.29) is 25.5 Å². The molecule has 0 aliphatic carbocycles. The lowest BCUT2D eigenvalue weighted by molar-refractivity contribution is -0.143. The zero-order valence-corrected chi connectivity index (χ0v) is 10.7. The molecule has 0 atom stereocenters. The highest BCUT2D eigenvalue weighted by atomic mass is 32.2. The number of hydrogen-bond acceptors (Lipinski definition) is 5. The van der Waals surface area contributed by atoms with Crippen molar-refractivity contribution in [3.05, 3.63) is 0 Å². The predicted octanol–water partition coefficient (Wildman–Crippen LogP) is -0.152. The maximum absolute atomic E-state index is 11.6. The van der Waals surface area contributed by atoms with Gasteiger partial charge in [-0.3, -0.25) is 4.79 Å². The number of rotatable bonds is 8. The second-order valence-corrected chi connectivity index (χ2v) is 5.27. The Morgan fingerprint density at radius 3 is 2.38 bits per heavy atom. The summed E-state index contributed by atoms with van der Waals surface area (Å²) in [5.74, 6) is -0.679. The van der Waals surface area contributed by atoms with Crippen molar-refractivity contribution in [3.8, 4) is 0 Å². The first-order chi connectivity index (χ1) is 7.44. The highest BCUT2D eigenvalue weighted by Crippen LogP contribution is 1.98. The minimum atomic E-state index is -3.44. The summed E-state index contributed by atoms with van der Waals surface area (Å²) < 4.78 is 33.7. The number of ether oxygens (including phenoxy) is 2. The molecule has 16 heavy (non-hydrogen) atoms. The molecule has 0 heterocycles. The monoisotopic (exact) mass is 253 g/mol. The summed E-state index contributed by atoms with van der Waals surface area (Å²) >= 11 is 0. The molecule has 0 fully saturated rings. The summed E-state index contributed by atoms with van der Waals surface area (Å²) in [6.45, 7) is 4.04. The molecule has 0 aromatic heterocycles. The van der Waals surface area contributed by atoms with Crippen LogP contribution in [0.25, 0.3) is 0 Å². The van der Waals surface area contributed by atoms with Crippen LogP contribution in [-0.2, 0) is 24.3 Å². The lowest BCUT2D eigenvalue weighted by Gasteiger charge is -2.15. The fourth-order valence-electron chi connectivity index (χ4n) is 0.951. The third-order valence-electron chi connectivity index (χ3n) is 1.82. The fourth-order valence-corrected chi connectivity index (χ4v) is 1.89. The maximum Gasteiger partial charge on any atom is 0.321 e. The van der Waals surface area contributed by atoms with Crippen LogP contribution in [0.15, 0.2) is 0 Å². The Labute approximate surface area is 96.6 Å². The van der Waals surface area contributed by atoms with Crippen molar-refractivity contribution in [2.24, 2.45) is 0 Å². The molecule has 0 N–H and O–H groups in total. The van der Waals surface area contributed by atoms with Crippen LogP contribution in [0.3, 0.4) is 0 Å². The van der Waals surface area contributed by atoms with Gasteiger partial charge < -0.3 is 9.47 Å². The van der Waals surface area contributed by atoms with Crippen LogP contribution in [0.1, 0.15) is 13.8 Å². The Bertz CT molecular complexity index is 301. The van der Waals surface area contributed by atoms with Crippen LogP contribution in [0.5, 0.6) is 0 Å². The quantitative estimate of drug-likeness (QED) is 0.444. The van der Waals surface area contributed by atoms with E-state index in [0.29, 0.717) is 6.61 Å². The van der Waals surface area contributed by atoms with Gasteiger partial charge in [0.05, 0.1) is 19.0 Å². The molecule has 0 amide bonds. The van der Waals surface area contributed by atoms with Gasteiger partial charge in [0, 0.05) is 13.7 Å². The molecule has 7 heteroatoms. The molecule has 0 aromatic carbocycles. The molecule has 0 aliphatic rings. The Kier molecular flexibility index (Phi) is 7.27. The Hall–Kier alpha value is -0.660. The van der Waals surface area contributed by atoms with Crippen molar-refractivity contribution < 1.29 is 22.7 Å². The molecule has 0 aromatic rings. The van der Waals surface area contributed by atoms with Crippen molar-refractivity contribution >= 4 is 16.0 Å². The van der Waals surface area contributed by atoms with Crippen molar-refractivity contribution in [2.45, 2.75) is 13.8 Å². The Balaban J connectivity index is 4.13. The molecule has 0 aliphatic heterocycles. The highest BCUT2D eigenvalue weighted by Gasteiger charge is 2.20. The van der Waals surface area contributed by atoms with Crippen LogP contribution < -0.4 is 0 Å². The first kappa shape index (κ1) is 15.3. The number of hydrogen-bond donors (Lipinski definition) is 0. The summed E-state index contributed by atoms with van der Waals surface area (Å²) in [4.78, 5) is 11.1. The van der Waals surface area contributed by atoms with Gasteiger partial charge in [-0.15, -0.1) is 0 Å². The number of sulfonamides is 1. The van der Waals surface area contributed by atoms with Crippen molar-refractivity contribution in [2.75, 3.05) is 39.2 Å². The van der Waals surface area contributed by atoms with Crippen molar-refractivity contribution in [3.63, 3.8) is 0 Å². The van der Waals surface area contributed by atoms with Gasteiger partial charge in [-0.05, 0) is 13.8 Å². The van der Waals surface area contributed by atoms with Gasteiger partial charge in [0.1, 0.15) is 6.54 Å². The lowest BCUT2D eigenvalue weighted by atomic mass is 10.6. The summed E-state index contributed by atoms with van der Waals surface area (Å²) in [6.07, 6.45) is 0. The normalized spacial score (nSPS) is 11.8. The third kappa shape index (κ3) is 6.04. The molecule has 0 spiro atoms. The highest BCUT2D eigenvalue weighted by molar-refractivity contribution is 7.89. The average molecular weight is 253 g/mol. The van der Waals surface area contributed by atoms with Gasteiger partial charge in [-0.2, -0.15) is 4.31 Å². The van der Waals surface area contributed by atoms with Gasteiger partial charge >= 0.3 is 5.97 Å². The van der Waals surface area contributed by atoms with Crippen LogP contribution in [0.4, 0.5) is 0 Å². The van der Waals surface area contributed by atoms with Crippen LogP contribution in [-0.4, -0.2) is 57.9 Å². The van der Waals surface area contributed by atoms with E-state index in [1.165, 1.54) is 7.05 Å². The standard InChI is InChI=1S/C9H19NO5S/c1-4-14-6-7-16(12,13)10(3)8-9(11)15-5-2/h4-8H2,1-3H3. The van der Waals surface area contributed by atoms with E-state index in [1.807, 2.05) is 0 Å². The Morgan fingerprint density at radius 1 is 1.25 bits per heavy atom. The van der Waals surface area contributed by atoms with Gasteiger partial charge in [0.2, 0.25) is 10.0 Å². The van der Waals surface area contributed by atoms with E-state index in [4.69, 9.17) is 4.74 Å². The van der Waals surface area contributed by atoms with Crippen molar-refractivity contribution in [1.29, 1.82) is 0 Å². The van der Waals surface area contributed by atoms with Crippen LogP contribution >= 0.6 is 0 Å². The van der Waals surface area contributed by atoms with Crippen LogP contribution in [0, 0.1) is 0 Å². The summed E-state index contributed by atoms with van der Waals surface area (Å²) in [7, 11) is -2.09. The maximum atomic E-state index is 11.6. The molecule has 6 nitrogen and oxygen atoms in total. The van der Waals surface area contributed by atoms with E-state index in [0.717, 1.165) is 4.31 Å². The van der Waals surface area contributed by atoms with Gasteiger partial charge in [-0.1, -0.05) is 0 Å². The Morgan fingerprint density at radius 2 is 1.88 bits per heavy atom. The third-order valence-corrected chi connectivity index (χ3v) is 3.58. The summed E-state index contributed by atoms with van der Waals surface area (Å²) in [5, 5.41) is 0. The van der Waals surface area contributed by atoms with Gasteiger partial charge in [-0.25, -0.2) is 8.42 Å². The van der Waals surface area contributed by atoms with Gasteiger partial charge in [0.15, 0.2) is 0 Å². The van der Waals surface area contributed by atoms with E-state index in [2.05, 4.69) is 4.74 Å². The molecular weight excluding hydrogens is 234 g/mol. The number of carbonyl (C=O) groups is 1. The second kappa shape index (κ2) is 7.59. The summed E-state index contributed by atoms with van der Waals surface area (Å²) in [6, 6.07) is 0. The van der Waals surface area contributed by atoms with Crippen LogP contribution in [0.2, 0.25) is 0 Å². The van der Waals surface area contributed by atoms with Gasteiger partial charge in [0.25, 0.3) is 0 Å². The lowest BCUT2D eigenvalue weighted by Crippen LogP contribution is -2.35. The molecule has 0 saturated carbocycles. The summed E-state index contributed by atoms with van der Waals surface area (Å²) in [5.41, 5.74) is 0. The first-order valence-corrected chi connectivity index (χ1v) is 6.72. The predicted molar refractivity (Wildman–Crippen MR) is 59.5 cm³/mol. The first-order valence-electron chi connectivity index (χ1n) is 5.11. The minimum Gasteiger partial charge on any atom is -0.465 e.